The molecule has 1 aliphatic heterocycles. The number of nitrogens with one attached hydrogen (secondary N) is 1. The van der Waals surface area contributed by atoms with Crippen LogP contribution in [-0.4, -0.2) is 42.9 Å². The van der Waals surface area contributed by atoms with Crippen LogP contribution in [0.15, 0.2) is 36.8 Å². The molecule has 1 aliphatic rings. The van der Waals surface area contributed by atoms with Gasteiger partial charge in [-0.1, -0.05) is 12.1 Å². The summed E-state index contributed by atoms with van der Waals surface area (Å²) in [5, 5.41) is 0. The molecule has 3 aromatic rings. The predicted octanol–water partition coefficient (Wildman–Crippen LogP) is 2.37. The van der Waals surface area contributed by atoms with Crippen molar-refractivity contribution in [3.05, 3.63) is 48.3 Å². The zero-order valence-electron chi connectivity index (χ0n) is 13.1. The number of hydrogen-bond acceptors (Lipinski definition) is 3. The van der Waals surface area contributed by atoms with Crippen molar-refractivity contribution in [1.29, 1.82) is 0 Å². The first-order valence-corrected chi connectivity index (χ1v) is 7.95. The van der Waals surface area contributed by atoms with Crippen molar-refractivity contribution >= 4 is 16.9 Å². The van der Waals surface area contributed by atoms with Crippen LogP contribution < -0.4 is 0 Å². The highest BCUT2D eigenvalue weighted by atomic mass is 16.2. The maximum atomic E-state index is 12.7. The van der Waals surface area contributed by atoms with Crippen LogP contribution in [-0.2, 0) is 6.54 Å². The third-order valence-electron chi connectivity index (χ3n) is 4.51. The number of para-hydroxylation sites is 2. The first kappa shape index (κ1) is 14.0. The molecule has 6 nitrogen and oxygen atoms in total. The smallest absolute Gasteiger partial charge is 0.272 e. The molecular formula is C17H19N5O. The fourth-order valence-corrected chi connectivity index (χ4v) is 3.36. The second-order valence-corrected chi connectivity index (χ2v) is 6.06. The first-order chi connectivity index (χ1) is 11.2. The summed E-state index contributed by atoms with van der Waals surface area (Å²) in [7, 11) is 0. The summed E-state index contributed by atoms with van der Waals surface area (Å²) in [6.45, 7) is 3.43. The van der Waals surface area contributed by atoms with Gasteiger partial charge in [0, 0.05) is 13.1 Å². The van der Waals surface area contributed by atoms with Gasteiger partial charge >= 0.3 is 0 Å². The maximum Gasteiger partial charge on any atom is 0.272 e. The summed E-state index contributed by atoms with van der Waals surface area (Å²) in [6, 6.07) is 8.29. The summed E-state index contributed by atoms with van der Waals surface area (Å²) in [5.74, 6) is 0.808. The summed E-state index contributed by atoms with van der Waals surface area (Å²) in [5.41, 5.74) is 2.68. The second-order valence-electron chi connectivity index (χ2n) is 6.06. The summed E-state index contributed by atoms with van der Waals surface area (Å²) < 4.78 is 2.14. The molecule has 1 atom stereocenters. The third kappa shape index (κ3) is 2.50. The molecule has 1 fully saturated rings. The van der Waals surface area contributed by atoms with E-state index in [9.17, 15) is 4.79 Å². The van der Waals surface area contributed by atoms with Crippen LogP contribution in [0.25, 0.3) is 11.0 Å². The normalized spacial score (nSPS) is 18.0. The molecule has 3 heterocycles. The topological polar surface area (TPSA) is 66.8 Å². The van der Waals surface area contributed by atoms with Crippen molar-refractivity contribution < 1.29 is 4.79 Å². The van der Waals surface area contributed by atoms with E-state index in [1.165, 1.54) is 0 Å². The zero-order valence-corrected chi connectivity index (χ0v) is 13.1. The van der Waals surface area contributed by atoms with E-state index < -0.39 is 0 Å². The van der Waals surface area contributed by atoms with Gasteiger partial charge in [-0.3, -0.25) is 4.79 Å². The van der Waals surface area contributed by atoms with Crippen LogP contribution in [0, 0.1) is 6.92 Å². The van der Waals surface area contributed by atoms with Crippen LogP contribution in [0.3, 0.4) is 0 Å². The van der Waals surface area contributed by atoms with Crippen LogP contribution in [0.1, 0.15) is 29.2 Å². The lowest BCUT2D eigenvalue weighted by atomic mass is 10.2. The van der Waals surface area contributed by atoms with Gasteiger partial charge in [0.2, 0.25) is 0 Å². The summed E-state index contributed by atoms with van der Waals surface area (Å²) in [6.07, 6.45) is 5.55. The predicted molar refractivity (Wildman–Crippen MR) is 87.1 cm³/mol. The van der Waals surface area contributed by atoms with Crippen molar-refractivity contribution in [3.8, 4) is 0 Å². The minimum absolute atomic E-state index is 0.0394. The monoisotopic (exact) mass is 309 g/mol. The zero-order chi connectivity index (χ0) is 15.8. The van der Waals surface area contributed by atoms with E-state index in [1.807, 2.05) is 36.4 Å². The number of aryl methyl sites for hydroxylation is 1. The largest absolute Gasteiger partial charge is 0.338 e. The number of carbonyl (C=O) groups is 1. The van der Waals surface area contributed by atoms with E-state index in [0.717, 1.165) is 42.8 Å². The molecule has 1 aromatic carbocycles. The highest BCUT2D eigenvalue weighted by molar-refractivity contribution is 5.92. The quantitative estimate of drug-likeness (QED) is 0.807. The van der Waals surface area contributed by atoms with E-state index in [2.05, 4.69) is 25.6 Å². The lowest BCUT2D eigenvalue weighted by molar-refractivity contribution is 0.0719. The van der Waals surface area contributed by atoms with Crippen molar-refractivity contribution in [2.24, 2.45) is 0 Å². The third-order valence-corrected chi connectivity index (χ3v) is 4.51. The molecule has 4 rings (SSSR count). The van der Waals surface area contributed by atoms with Gasteiger partial charge in [-0.05, 0) is 31.9 Å². The number of carbonyl (C=O) groups excluding carboxylic acids is 1. The molecule has 0 spiro atoms. The fourth-order valence-electron chi connectivity index (χ4n) is 3.36. The molecular weight excluding hydrogens is 290 g/mol. The number of H-pyrrole nitrogens is 1. The molecule has 1 N–H and O–H groups in total. The molecule has 0 bridgehead atoms. The maximum absolute atomic E-state index is 12.7. The molecule has 118 valence electrons. The van der Waals surface area contributed by atoms with Gasteiger partial charge in [-0.2, -0.15) is 0 Å². The van der Waals surface area contributed by atoms with Crippen molar-refractivity contribution in [2.75, 3.05) is 6.54 Å². The van der Waals surface area contributed by atoms with E-state index in [4.69, 9.17) is 0 Å². The number of likely N-dealkylation sites (tertiary alicyclic amines) is 1. The Morgan fingerprint density at radius 1 is 1.35 bits per heavy atom. The standard InChI is InChI=1S/C17H19N5O/c1-12-18-9-15(20-12)17(23)22-8-4-5-13(22)10-21-11-19-14-6-2-3-7-16(14)21/h2-3,6-7,9,11,13H,4-5,8,10H2,1H3,(H,18,20)/t13-/m1/s1. The molecule has 1 saturated heterocycles. The highest BCUT2D eigenvalue weighted by Gasteiger charge is 2.30. The van der Waals surface area contributed by atoms with Gasteiger partial charge in [0.1, 0.15) is 11.5 Å². The number of benzene rings is 1. The molecule has 6 heteroatoms. The van der Waals surface area contributed by atoms with E-state index >= 15 is 0 Å². The molecule has 1 amide bonds. The van der Waals surface area contributed by atoms with Crippen molar-refractivity contribution in [3.63, 3.8) is 0 Å². The number of hydrogen-bond donors (Lipinski definition) is 1. The molecule has 23 heavy (non-hydrogen) atoms. The number of aromatic nitrogens is 4. The number of rotatable bonds is 3. The van der Waals surface area contributed by atoms with Gasteiger partial charge < -0.3 is 14.5 Å². The van der Waals surface area contributed by atoms with Crippen molar-refractivity contribution in [1.82, 2.24) is 24.4 Å². The minimum atomic E-state index is 0.0394. The number of nitrogens with zero attached hydrogens (tertiary/aromatic N) is 4. The average molecular weight is 309 g/mol. The van der Waals surface area contributed by atoms with E-state index in [-0.39, 0.29) is 11.9 Å². The van der Waals surface area contributed by atoms with Gasteiger partial charge in [-0.15, -0.1) is 0 Å². The Labute approximate surface area is 134 Å². The van der Waals surface area contributed by atoms with Crippen LogP contribution in [0.2, 0.25) is 0 Å². The molecule has 0 unspecified atom stereocenters. The fraction of sp³-hybridized carbons (Fsp3) is 0.353. The number of amides is 1. The van der Waals surface area contributed by atoms with Crippen LogP contribution in [0.5, 0.6) is 0 Å². The highest BCUT2D eigenvalue weighted by Crippen LogP contribution is 2.23. The summed E-state index contributed by atoms with van der Waals surface area (Å²) in [4.78, 5) is 26.3. The Balaban J connectivity index is 1.57. The molecule has 0 saturated carbocycles. The molecule has 0 aliphatic carbocycles. The van der Waals surface area contributed by atoms with Crippen molar-refractivity contribution in [2.45, 2.75) is 32.4 Å². The average Bonchev–Trinajstić information content (AvgIpc) is 3.28. The Kier molecular flexibility index (Phi) is 3.37. The minimum Gasteiger partial charge on any atom is -0.338 e. The van der Waals surface area contributed by atoms with Crippen LogP contribution in [0.4, 0.5) is 0 Å². The first-order valence-electron chi connectivity index (χ1n) is 7.95. The Hall–Kier alpha value is -2.63. The van der Waals surface area contributed by atoms with E-state index in [1.54, 1.807) is 6.20 Å². The Morgan fingerprint density at radius 2 is 2.22 bits per heavy atom. The number of fused-ring (bicyclic) bond motifs is 1. The lowest BCUT2D eigenvalue weighted by Crippen LogP contribution is -2.38. The second kappa shape index (κ2) is 5.53. The number of imidazole rings is 2. The summed E-state index contributed by atoms with van der Waals surface area (Å²) >= 11 is 0. The van der Waals surface area contributed by atoms with Gasteiger partial charge in [0.25, 0.3) is 5.91 Å². The SMILES string of the molecule is Cc1ncc(C(=O)N2CCC[C@@H]2Cn2cnc3ccccc32)[nH]1. The Morgan fingerprint density at radius 3 is 3.04 bits per heavy atom. The molecule has 2 aromatic heterocycles. The van der Waals surface area contributed by atoms with Gasteiger partial charge in [-0.25, -0.2) is 9.97 Å². The van der Waals surface area contributed by atoms with Gasteiger partial charge in [0.15, 0.2) is 0 Å². The molecule has 0 radical (unpaired) electrons. The lowest BCUT2D eigenvalue weighted by Gasteiger charge is -2.24. The van der Waals surface area contributed by atoms with E-state index in [0.29, 0.717) is 5.69 Å². The number of aromatic amines is 1. The van der Waals surface area contributed by atoms with Crippen LogP contribution >= 0.6 is 0 Å². The van der Waals surface area contributed by atoms with Gasteiger partial charge in [0.05, 0.1) is 29.6 Å². The Bertz CT molecular complexity index is 849.